The van der Waals surface area contributed by atoms with Crippen LogP contribution in [0.25, 0.3) is 0 Å². The maximum atomic E-state index is 11.6. The highest BCUT2D eigenvalue weighted by Crippen LogP contribution is 2.24. The smallest absolute Gasteiger partial charge is 0.167 e. The third-order valence-corrected chi connectivity index (χ3v) is 2.88. The molecule has 0 aromatic heterocycles. The molecule has 1 aromatic carbocycles. The summed E-state index contributed by atoms with van der Waals surface area (Å²) in [5.74, 6) is -0.0879. The number of nitrogens with one attached hydrogen (secondary N) is 1. The van der Waals surface area contributed by atoms with Crippen LogP contribution in [0.4, 0.5) is 0 Å². The highest BCUT2D eigenvalue weighted by Gasteiger charge is 2.36. The third-order valence-electron chi connectivity index (χ3n) is 2.88. The molecule has 2 N–H and O–H groups in total. The van der Waals surface area contributed by atoms with Crippen LogP contribution in [0.5, 0.6) is 0 Å². The molecule has 0 bridgehead atoms. The maximum absolute atomic E-state index is 11.6. The minimum atomic E-state index is -1.20. The van der Waals surface area contributed by atoms with Crippen molar-refractivity contribution in [2.45, 2.75) is 25.0 Å². The SMILES string of the molecule is C[C@]1(O)CNC(c2ccccc2)CC1=O. The zero-order chi connectivity index (χ0) is 10.9. The first-order valence-corrected chi connectivity index (χ1v) is 5.13. The molecule has 1 fully saturated rings. The van der Waals surface area contributed by atoms with Crippen LogP contribution >= 0.6 is 0 Å². The van der Waals surface area contributed by atoms with Gasteiger partial charge in [-0.15, -0.1) is 0 Å². The highest BCUT2D eigenvalue weighted by molar-refractivity contribution is 5.88. The topological polar surface area (TPSA) is 49.3 Å². The Morgan fingerprint density at radius 2 is 2.07 bits per heavy atom. The summed E-state index contributed by atoms with van der Waals surface area (Å²) in [4.78, 5) is 11.6. The van der Waals surface area contributed by atoms with Gasteiger partial charge < -0.3 is 10.4 Å². The Labute approximate surface area is 89.1 Å². The molecule has 1 saturated heterocycles. The lowest BCUT2D eigenvalue weighted by Crippen LogP contribution is -2.51. The lowest BCUT2D eigenvalue weighted by atomic mass is 9.88. The van der Waals surface area contributed by atoms with Crippen LogP contribution in [0, 0.1) is 0 Å². The summed E-state index contributed by atoms with van der Waals surface area (Å²) in [6, 6.07) is 9.88. The molecule has 2 atom stereocenters. The first-order valence-electron chi connectivity index (χ1n) is 5.13. The van der Waals surface area contributed by atoms with Crippen molar-refractivity contribution in [1.82, 2.24) is 5.32 Å². The van der Waals surface area contributed by atoms with Crippen LogP contribution in [-0.4, -0.2) is 23.0 Å². The second-order valence-electron chi connectivity index (χ2n) is 4.25. The van der Waals surface area contributed by atoms with Crippen LogP contribution in [0.15, 0.2) is 30.3 Å². The van der Waals surface area contributed by atoms with Gasteiger partial charge >= 0.3 is 0 Å². The fourth-order valence-corrected chi connectivity index (χ4v) is 1.82. The molecular weight excluding hydrogens is 190 g/mol. The number of β-amino-alcohol motifs (C(OH)–C–C–N with tert-alkyl or cyclic N) is 1. The molecule has 15 heavy (non-hydrogen) atoms. The van der Waals surface area contributed by atoms with E-state index in [0.717, 1.165) is 5.56 Å². The first kappa shape index (κ1) is 10.3. The second kappa shape index (κ2) is 3.76. The molecule has 0 aliphatic carbocycles. The van der Waals surface area contributed by atoms with Crippen LogP contribution in [0.3, 0.4) is 0 Å². The van der Waals surface area contributed by atoms with Crippen LogP contribution in [0.2, 0.25) is 0 Å². The van der Waals surface area contributed by atoms with Crippen LogP contribution in [0.1, 0.15) is 24.9 Å². The Morgan fingerprint density at radius 3 is 2.67 bits per heavy atom. The van der Waals surface area contributed by atoms with Crippen LogP contribution in [-0.2, 0) is 4.79 Å². The van der Waals surface area contributed by atoms with Crippen molar-refractivity contribution in [3.05, 3.63) is 35.9 Å². The van der Waals surface area contributed by atoms with E-state index in [1.165, 1.54) is 0 Å². The molecule has 1 aromatic rings. The number of hydrogen-bond donors (Lipinski definition) is 2. The highest BCUT2D eigenvalue weighted by atomic mass is 16.3. The van der Waals surface area contributed by atoms with E-state index < -0.39 is 5.60 Å². The van der Waals surface area contributed by atoms with E-state index in [1.54, 1.807) is 6.92 Å². The Kier molecular flexibility index (Phi) is 2.59. The first-order chi connectivity index (χ1) is 7.09. The third kappa shape index (κ3) is 2.08. The van der Waals surface area contributed by atoms with Gasteiger partial charge in [-0.05, 0) is 12.5 Å². The minimum absolute atomic E-state index is 0.0407. The van der Waals surface area contributed by atoms with E-state index in [4.69, 9.17) is 0 Å². The number of ketones is 1. The zero-order valence-electron chi connectivity index (χ0n) is 8.73. The second-order valence-corrected chi connectivity index (χ2v) is 4.25. The summed E-state index contributed by atoms with van der Waals surface area (Å²) in [6.45, 7) is 1.88. The van der Waals surface area contributed by atoms with Gasteiger partial charge in [0.05, 0.1) is 0 Å². The number of carbonyl (C=O) groups excluding carboxylic acids is 1. The van der Waals surface area contributed by atoms with E-state index in [1.807, 2.05) is 30.3 Å². The molecule has 1 unspecified atom stereocenters. The molecule has 1 aliphatic heterocycles. The lowest BCUT2D eigenvalue weighted by Gasteiger charge is -2.33. The molecule has 2 rings (SSSR count). The van der Waals surface area contributed by atoms with E-state index in [0.29, 0.717) is 13.0 Å². The van der Waals surface area contributed by atoms with Gasteiger partial charge in [0.25, 0.3) is 0 Å². The van der Waals surface area contributed by atoms with Gasteiger partial charge in [0, 0.05) is 19.0 Å². The van der Waals surface area contributed by atoms with Gasteiger partial charge in [-0.25, -0.2) is 0 Å². The van der Waals surface area contributed by atoms with E-state index in [9.17, 15) is 9.90 Å². The number of hydrogen-bond acceptors (Lipinski definition) is 3. The molecule has 1 aliphatic rings. The van der Waals surface area contributed by atoms with Gasteiger partial charge in [-0.2, -0.15) is 0 Å². The summed E-state index contributed by atoms with van der Waals surface area (Å²) in [5.41, 5.74) is -0.105. The van der Waals surface area contributed by atoms with E-state index in [-0.39, 0.29) is 11.8 Å². The van der Waals surface area contributed by atoms with Gasteiger partial charge in [-0.1, -0.05) is 30.3 Å². The number of rotatable bonds is 1. The van der Waals surface area contributed by atoms with Crippen molar-refractivity contribution in [1.29, 1.82) is 0 Å². The summed E-state index contributed by atoms with van der Waals surface area (Å²) >= 11 is 0. The molecule has 0 radical (unpaired) electrons. The van der Waals surface area contributed by atoms with Crippen molar-refractivity contribution < 1.29 is 9.90 Å². The number of Topliss-reactive ketones (excluding diaryl/α,β-unsaturated/α-hetero) is 1. The van der Waals surface area contributed by atoms with Gasteiger partial charge in [0.15, 0.2) is 5.78 Å². The molecule has 0 amide bonds. The van der Waals surface area contributed by atoms with Crippen molar-refractivity contribution in [2.75, 3.05) is 6.54 Å². The molecular formula is C12H15NO2. The summed E-state index contributed by atoms with van der Waals surface area (Å²) in [6.07, 6.45) is 0.358. The summed E-state index contributed by atoms with van der Waals surface area (Å²) < 4.78 is 0. The minimum Gasteiger partial charge on any atom is -0.381 e. The fraction of sp³-hybridized carbons (Fsp3) is 0.417. The number of carbonyl (C=O) groups is 1. The number of piperidine rings is 1. The molecule has 3 nitrogen and oxygen atoms in total. The normalized spacial score (nSPS) is 31.6. The van der Waals surface area contributed by atoms with Crippen LogP contribution < -0.4 is 5.32 Å². The predicted molar refractivity (Wildman–Crippen MR) is 57.4 cm³/mol. The molecule has 80 valence electrons. The van der Waals surface area contributed by atoms with Gasteiger partial charge in [0.2, 0.25) is 0 Å². The lowest BCUT2D eigenvalue weighted by molar-refractivity contribution is -0.138. The average molecular weight is 205 g/mol. The summed E-state index contributed by atoms with van der Waals surface area (Å²) in [5, 5.41) is 12.9. The molecule has 3 heteroatoms. The monoisotopic (exact) mass is 205 g/mol. The fourth-order valence-electron chi connectivity index (χ4n) is 1.82. The van der Waals surface area contributed by atoms with E-state index >= 15 is 0 Å². The summed E-state index contributed by atoms with van der Waals surface area (Å²) in [7, 11) is 0. The predicted octanol–water partition coefficient (Wildman–Crippen LogP) is 1.04. The van der Waals surface area contributed by atoms with E-state index in [2.05, 4.69) is 5.32 Å². The zero-order valence-corrected chi connectivity index (χ0v) is 8.73. The largest absolute Gasteiger partial charge is 0.381 e. The Bertz CT molecular complexity index is 359. The molecule has 0 saturated carbocycles. The molecule has 0 spiro atoms. The number of benzene rings is 1. The Hall–Kier alpha value is -1.19. The average Bonchev–Trinajstić information content (AvgIpc) is 2.23. The number of aliphatic hydroxyl groups is 1. The maximum Gasteiger partial charge on any atom is 0.167 e. The standard InChI is InChI=1S/C12H15NO2/c1-12(15)8-13-10(7-11(12)14)9-5-3-2-4-6-9/h2-6,10,13,15H,7-8H2,1H3/t10?,12-/m0/s1. The Morgan fingerprint density at radius 1 is 1.40 bits per heavy atom. The van der Waals surface area contributed by atoms with Crippen molar-refractivity contribution in [3.63, 3.8) is 0 Å². The van der Waals surface area contributed by atoms with Gasteiger partial charge in [-0.3, -0.25) is 4.79 Å². The Balaban J connectivity index is 2.13. The van der Waals surface area contributed by atoms with Crippen molar-refractivity contribution in [3.8, 4) is 0 Å². The van der Waals surface area contributed by atoms with Crippen molar-refractivity contribution in [2.24, 2.45) is 0 Å². The van der Waals surface area contributed by atoms with Crippen molar-refractivity contribution >= 4 is 5.78 Å². The molecule has 1 heterocycles. The quantitative estimate of drug-likeness (QED) is 0.720. The van der Waals surface area contributed by atoms with Gasteiger partial charge in [0.1, 0.15) is 5.60 Å².